The van der Waals surface area contributed by atoms with E-state index in [4.69, 9.17) is 11.6 Å². The summed E-state index contributed by atoms with van der Waals surface area (Å²) < 4.78 is 0.996. The van der Waals surface area contributed by atoms with Crippen molar-refractivity contribution in [2.45, 2.75) is 18.5 Å². The zero-order valence-corrected chi connectivity index (χ0v) is 16.7. The quantitative estimate of drug-likeness (QED) is 0.661. The van der Waals surface area contributed by atoms with E-state index in [2.05, 4.69) is 25.9 Å². The Morgan fingerprint density at radius 1 is 0.852 bits per heavy atom. The molecule has 3 fully saturated rings. The summed E-state index contributed by atoms with van der Waals surface area (Å²) in [4.78, 5) is 28.0. The molecule has 5 rings (SSSR count). The lowest BCUT2D eigenvalue weighted by Gasteiger charge is -2.29. The molecule has 3 aliphatic rings. The summed E-state index contributed by atoms with van der Waals surface area (Å²) in [5.74, 6) is -0.664. The third-order valence-corrected chi connectivity index (χ3v) is 6.48. The van der Waals surface area contributed by atoms with E-state index in [0.29, 0.717) is 10.7 Å². The highest BCUT2D eigenvalue weighted by atomic mass is 79.9. The first kappa shape index (κ1) is 17.4. The first-order valence-corrected chi connectivity index (χ1v) is 10.2. The lowest BCUT2D eigenvalue weighted by molar-refractivity contribution is -0.126. The van der Waals surface area contributed by atoms with E-state index in [1.807, 2.05) is 24.3 Å². The molecule has 2 aromatic carbocycles. The van der Waals surface area contributed by atoms with Gasteiger partial charge in [0.15, 0.2) is 0 Å². The molecule has 0 radical (unpaired) electrons. The number of rotatable bonds is 2. The van der Waals surface area contributed by atoms with Gasteiger partial charge >= 0.3 is 0 Å². The molecule has 27 heavy (non-hydrogen) atoms. The number of halogens is 2. The number of amides is 2. The number of carbonyl (C=O) groups is 2. The molecule has 0 aromatic heterocycles. The zero-order valence-electron chi connectivity index (χ0n) is 14.4. The predicted molar refractivity (Wildman–Crippen MR) is 106 cm³/mol. The van der Waals surface area contributed by atoms with Crippen molar-refractivity contribution in [1.82, 2.24) is 10.0 Å². The number of anilines is 1. The van der Waals surface area contributed by atoms with Crippen LogP contribution in [0.15, 0.2) is 53.0 Å². The lowest BCUT2D eigenvalue weighted by atomic mass is 9.90. The van der Waals surface area contributed by atoms with Crippen molar-refractivity contribution in [3.8, 4) is 0 Å². The van der Waals surface area contributed by atoms with Gasteiger partial charge in [-0.25, -0.2) is 14.9 Å². The first-order chi connectivity index (χ1) is 13.1. The van der Waals surface area contributed by atoms with E-state index in [1.54, 1.807) is 24.3 Å². The molecule has 3 atom stereocenters. The second kappa shape index (κ2) is 6.41. The monoisotopic (exact) mass is 445 g/mol. The molecule has 2 aromatic rings. The highest BCUT2D eigenvalue weighted by Gasteiger charge is 2.62. The Bertz CT molecular complexity index is 918. The molecule has 3 aliphatic heterocycles. The summed E-state index contributed by atoms with van der Waals surface area (Å²) in [5.41, 5.74) is 1.65. The normalized spacial score (nSPS) is 28.1. The molecule has 3 saturated heterocycles. The minimum atomic E-state index is -0.427. The van der Waals surface area contributed by atoms with E-state index in [0.717, 1.165) is 29.5 Å². The Morgan fingerprint density at radius 2 is 1.48 bits per heavy atom. The van der Waals surface area contributed by atoms with Crippen LogP contribution in [0.5, 0.6) is 0 Å². The number of imide groups is 1. The molecule has 0 aliphatic carbocycles. The second-order valence-corrected chi connectivity index (χ2v) is 8.49. The third-order valence-electron chi connectivity index (χ3n) is 5.70. The van der Waals surface area contributed by atoms with Gasteiger partial charge in [-0.05, 0) is 48.4 Å². The van der Waals surface area contributed by atoms with Crippen LogP contribution in [0.1, 0.15) is 18.0 Å². The summed E-state index contributed by atoms with van der Waals surface area (Å²) in [7, 11) is 0. The van der Waals surface area contributed by atoms with Gasteiger partial charge in [-0.1, -0.05) is 39.7 Å². The Hall–Kier alpha value is -1.73. The summed E-state index contributed by atoms with van der Waals surface area (Å²) in [6.45, 7) is 1.68. The Kier molecular flexibility index (Phi) is 4.13. The largest absolute Gasteiger partial charge is 0.274 e. The Balaban J connectivity index is 1.57. The van der Waals surface area contributed by atoms with Crippen LogP contribution in [0.4, 0.5) is 5.69 Å². The van der Waals surface area contributed by atoms with Gasteiger partial charge in [0.05, 0.1) is 17.6 Å². The molecular weight excluding hydrogens is 430 g/mol. The fraction of sp³-hybridized carbons (Fsp3) is 0.300. The summed E-state index contributed by atoms with van der Waals surface area (Å²) in [6.07, 6.45) is 0.999. The molecule has 0 bridgehead atoms. The van der Waals surface area contributed by atoms with Crippen LogP contribution in [0, 0.1) is 5.92 Å². The molecule has 0 saturated carbocycles. The SMILES string of the molecule is O=C1[C@H]2[C@H](C(=O)N1c1ccc(Cl)cc1)N1CCCN1[C@H]2c1ccc(Br)cc1. The van der Waals surface area contributed by atoms with Crippen molar-refractivity contribution in [3.05, 3.63) is 63.6 Å². The summed E-state index contributed by atoms with van der Waals surface area (Å²) in [6, 6.07) is 14.4. The van der Waals surface area contributed by atoms with Crippen LogP contribution in [-0.4, -0.2) is 41.0 Å². The molecule has 3 heterocycles. The van der Waals surface area contributed by atoms with Crippen LogP contribution in [0.2, 0.25) is 5.02 Å². The molecular formula is C20H17BrClN3O2. The molecule has 0 unspecified atom stereocenters. The van der Waals surface area contributed by atoms with E-state index in [1.165, 1.54) is 4.90 Å². The van der Waals surface area contributed by atoms with Crippen molar-refractivity contribution in [3.63, 3.8) is 0 Å². The smallest absolute Gasteiger partial charge is 0.253 e. The van der Waals surface area contributed by atoms with Crippen LogP contribution < -0.4 is 4.90 Å². The van der Waals surface area contributed by atoms with Gasteiger partial charge in [0.2, 0.25) is 5.91 Å². The van der Waals surface area contributed by atoms with Crippen LogP contribution >= 0.6 is 27.5 Å². The standard InChI is InChI=1S/C20H17BrClN3O2/c21-13-4-2-12(3-5-13)17-16-18(24-11-1-10-23(17)24)20(27)25(19(16)26)15-8-6-14(22)7-9-15/h2-9,16-18H,1,10-11H2/t16-,17+,18-/m1/s1. The van der Waals surface area contributed by atoms with Gasteiger partial charge in [0, 0.05) is 22.6 Å². The number of benzene rings is 2. The number of hydrogen-bond acceptors (Lipinski definition) is 4. The van der Waals surface area contributed by atoms with E-state index < -0.39 is 12.0 Å². The van der Waals surface area contributed by atoms with Gasteiger partial charge in [-0.2, -0.15) is 0 Å². The third kappa shape index (κ3) is 2.58. The van der Waals surface area contributed by atoms with Crippen LogP contribution in [-0.2, 0) is 9.59 Å². The minimum Gasteiger partial charge on any atom is -0.274 e. The fourth-order valence-electron chi connectivity index (χ4n) is 4.62. The second-order valence-electron chi connectivity index (χ2n) is 7.14. The highest BCUT2D eigenvalue weighted by molar-refractivity contribution is 9.10. The average molecular weight is 447 g/mol. The minimum absolute atomic E-state index is 0.112. The van der Waals surface area contributed by atoms with Crippen molar-refractivity contribution < 1.29 is 9.59 Å². The van der Waals surface area contributed by atoms with E-state index in [-0.39, 0.29) is 17.9 Å². The molecule has 2 amide bonds. The Labute approximate surface area is 170 Å². The number of hydrogen-bond donors (Lipinski definition) is 0. The maximum Gasteiger partial charge on any atom is 0.253 e. The van der Waals surface area contributed by atoms with Gasteiger partial charge in [-0.3, -0.25) is 9.59 Å². The van der Waals surface area contributed by atoms with Gasteiger partial charge in [0.1, 0.15) is 6.04 Å². The predicted octanol–water partition coefficient (Wildman–Crippen LogP) is 3.64. The van der Waals surface area contributed by atoms with Gasteiger partial charge < -0.3 is 0 Å². The maximum absolute atomic E-state index is 13.4. The fourth-order valence-corrected chi connectivity index (χ4v) is 5.01. The van der Waals surface area contributed by atoms with Crippen LogP contribution in [0.3, 0.4) is 0 Å². The highest BCUT2D eigenvalue weighted by Crippen LogP contribution is 2.49. The number of nitrogens with zero attached hydrogens (tertiary/aromatic N) is 3. The van der Waals surface area contributed by atoms with E-state index in [9.17, 15) is 9.59 Å². The summed E-state index contributed by atoms with van der Waals surface area (Å²) in [5, 5.41) is 4.90. The van der Waals surface area contributed by atoms with Crippen molar-refractivity contribution in [1.29, 1.82) is 0 Å². The molecule has 0 N–H and O–H groups in total. The molecule has 7 heteroatoms. The van der Waals surface area contributed by atoms with Crippen LogP contribution in [0.25, 0.3) is 0 Å². The van der Waals surface area contributed by atoms with Gasteiger partial charge in [0.25, 0.3) is 5.91 Å². The molecule has 0 spiro atoms. The Morgan fingerprint density at radius 3 is 2.15 bits per heavy atom. The topological polar surface area (TPSA) is 43.9 Å². The number of fused-ring (bicyclic) bond motifs is 3. The lowest BCUT2D eigenvalue weighted by Crippen LogP contribution is -2.44. The first-order valence-electron chi connectivity index (χ1n) is 8.98. The average Bonchev–Trinajstić information content (AvgIpc) is 3.30. The number of carbonyl (C=O) groups excluding carboxylic acids is 2. The van der Waals surface area contributed by atoms with Gasteiger partial charge in [-0.15, -0.1) is 0 Å². The van der Waals surface area contributed by atoms with Crippen molar-refractivity contribution in [2.24, 2.45) is 5.92 Å². The molecule has 138 valence electrons. The van der Waals surface area contributed by atoms with Crippen molar-refractivity contribution in [2.75, 3.05) is 18.0 Å². The van der Waals surface area contributed by atoms with E-state index >= 15 is 0 Å². The molecule has 5 nitrogen and oxygen atoms in total. The maximum atomic E-state index is 13.4. The number of hydrazine groups is 1. The summed E-state index contributed by atoms with van der Waals surface area (Å²) >= 11 is 9.44. The zero-order chi connectivity index (χ0) is 18.7. The van der Waals surface area contributed by atoms with Crippen molar-refractivity contribution >= 4 is 45.0 Å².